The fourth-order valence-electron chi connectivity index (χ4n) is 3.86. The number of para-hydroxylation sites is 1. The number of aromatic nitrogens is 2. The molecule has 2 amide bonds. The van der Waals surface area contributed by atoms with Crippen LogP contribution in [0, 0.1) is 0 Å². The zero-order chi connectivity index (χ0) is 21.0. The molecule has 2 heterocycles. The van der Waals surface area contributed by atoms with Gasteiger partial charge >= 0.3 is 0 Å². The predicted molar refractivity (Wildman–Crippen MR) is 116 cm³/mol. The third-order valence-electron chi connectivity index (χ3n) is 5.76. The zero-order valence-corrected chi connectivity index (χ0v) is 18.0. The molecule has 1 unspecified atom stereocenters. The molecule has 0 aliphatic carbocycles. The Kier molecular flexibility index (Phi) is 6.72. The lowest BCUT2D eigenvalue weighted by molar-refractivity contribution is 0.0923. The average molecular weight is 397 g/mol. The van der Waals surface area contributed by atoms with Crippen LogP contribution in [0.4, 0.5) is 5.69 Å². The Morgan fingerprint density at radius 1 is 1.10 bits per heavy atom. The quantitative estimate of drug-likeness (QED) is 0.739. The summed E-state index contributed by atoms with van der Waals surface area (Å²) in [5.74, 6) is -0.0803. The lowest BCUT2D eigenvalue weighted by Crippen LogP contribution is -2.34. The summed E-state index contributed by atoms with van der Waals surface area (Å²) in [6.45, 7) is 8.89. The molecule has 29 heavy (non-hydrogen) atoms. The number of carbonyl (C=O) groups excluding carboxylic acids is 2. The fraction of sp³-hybridized carbons (Fsp3) is 0.522. The molecule has 1 aliphatic heterocycles. The molecule has 2 aromatic rings. The molecule has 2 N–H and O–H groups in total. The van der Waals surface area contributed by atoms with Crippen LogP contribution in [0.5, 0.6) is 0 Å². The number of carbonyl (C=O) groups is 2. The van der Waals surface area contributed by atoms with Gasteiger partial charge in [-0.3, -0.25) is 9.59 Å². The molecule has 0 radical (unpaired) electrons. The molecule has 3 rings (SSSR count). The average Bonchev–Trinajstić information content (AvgIpc) is 3.13. The highest BCUT2D eigenvalue weighted by Gasteiger charge is 2.28. The second-order valence-corrected chi connectivity index (χ2v) is 7.73. The number of fused-ring (bicyclic) bond motifs is 1. The third-order valence-corrected chi connectivity index (χ3v) is 5.76. The van der Waals surface area contributed by atoms with Crippen LogP contribution in [0.25, 0.3) is 0 Å². The molecular formula is C23H32N4O2. The smallest absolute Gasteiger partial charge is 0.287 e. The zero-order valence-electron chi connectivity index (χ0n) is 18.0. The maximum Gasteiger partial charge on any atom is 0.287 e. The van der Waals surface area contributed by atoms with E-state index in [0.717, 1.165) is 67.6 Å². The number of imidazole rings is 1. The van der Waals surface area contributed by atoms with Crippen molar-refractivity contribution >= 4 is 17.5 Å². The van der Waals surface area contributed by atoms with E-state index in [0.29, 0.717) is 11.5 Å². The molecule has 0 fully saturated rings. The minimum atomic E-state index is -0.228. The van der Waals surface area contributed by atoms with E-state index in [4.69, 9.17) is 0 Å². The van der Waals surface area contributed by atoms with Gasteiger partial charge in [-0.1, -0.05) is 39.0 Å². The Morgan fingerprint density at radius 2 is 1.79 bits per heavy atom. The highest BCUT2D eigenvalue weighted by molar-refractivity contribution is 6.05. The fourth-order valence-corrected chi connectivity index (χ4v) is 3.86. The summed E-state index contributed by atoms with van der Waals surface area (Å²) in [6.07, 6.45) is 5.29. The number of benzene rings is 1. The standard InChI is InChI=1S/C23H32N4O2/c1-5-15(4)24-23(29)21-25-20(18-13-8-9-14-27(18)21)22(28)26-19-16(6-2)11-10-12-17(19)7-3/h10-12,15H,5-9,13-14H2,1-4H3,(H,24,29)(H,26,28). The maximum absolute atomic E-state index is 13.2. The molecule has 1 aromatic heterocycles. The van der Waals surface area contributed by atoms with E-state index in [1.807, 2.05) is 36.6 Å². The molecule has 6 heteroatoms. The molecule has 0 saturated carbocycles. The van der Waals surface area contributed by atoms with Crippen molar-refractivity contribution in [3.8, 4) is 0 Å². The minimum absolute atomic E-state index is 0.0693. The van der Waals surface area contributed by atoms with E-state index in [1.165, 1.54) is 0 Å². The molecule has 1 aliphatic rings. The number of nitrogens with one attached hydrogen (secondary N) is 2. The van der Waals surface area contributed by atoms with Crippen molar-refractivity contribution in [2.45, 2.75) is 78.8 Å². The van der Waals surface area contributed by atoms with Gasteiger partial charge in [0.15, 0.2) is 11.5 Å². The summed E-state index contributed by atoms with van der Waals surface area (Å²) in [5.41, 5.74) is 4.36. The van der Waals surface area contributed by atoms with Crippen LogP contribution < -0.4 is 10.6 Å². The van der Waals surface area contributed by atoms with Gasteiger partial charge in [0.25, 0.3) is 11.8 Å². The first-order valence-electron chi connectivity index (χ1n) is 10.8. The first-order chi connectivity index (χ1) is 14.0. The largest absolute Gasteiger partial charge is 0.347 e. The number of hydrogen-bond donors (Lipinski definition) is 2. The van der Waals surface area contributed by atoms with E-state index in [1.54, 1.807) is 0 Å². The minimum Gasteiger partial charge on any atom is -0.347 e. The van der Waals surface area contributed by atoms with Gasteiger partial charge in [0.2, 0.25) is 0 Å². The summed E-state index contributed by atoms with van der Waals surface area (Å²) in [4.78, 5) is 30.5. The van der Waals surface area contributed by atoms with Gasteiger partial charge in [0.05, 0.1) is 5.69 Å². The lowest BCUT2D eigenvalue weighted by atomic mass is 10.0. The van der Waals surface area contributed by atoms with Crippen LogP contribution in [-0.2, 0) is 25.8 Å². The Morgan fingerprint density at radius 3 is 2.41 bits per heavy atom. The molecule has 1 aromatic carbocycles. The number of nitrogens with zero attached hydrogens (tertiary/aromatic N) is 2. The summed E-state index contributed by atoms with van der Waals surface area (Å²) < 4.78 is 1.93. The Bertz CT molecular complexity index is 878. The summed E-state index contributed by atoms with van der Waals surface area (Å²) in [6, 6.07) is 6.19. The van der Waals surface area contributed by atoms with Crippen molar-refractivity contribution in [2.75, 3.05) is 5.32 Å². The van der Waals surface area contributed by atoms with E-state index in [9.17, 15) is 9.59 Å². The Balaban J connectivity index is 1.95. The van der Waals surface area contributed by atoms with Crippen molar-refractivity contribution < 1.29 is 9.59 Å². The maximum atomic E-state index is 13.2. The SMILES string of the molecule is CCc1cccc(CC)c1NC(=O)c1nc(C(=O)NC(C)CC)n2c1CCCC2. The van der Waals surface area contributed by atoms with Gasteiger partial charge in [0.1, 0.15) is 0 Å². The molecule has 0 saturated heterocycles. The Hall–Kier alpha value is -2.63. The summed E-state index contributed by atoms with van der Waals surface area (Å²) in [7, 11) is 0. The summed E-state index contributed by atoms with van der Waals surface area (Å²) >= 11 is 0. The van der Waals surface area contributed by atoms with Crippen molar-refractivity contribution in [2.24, 2.45) is 0 Å². The van der Waals surface area contributed by atoms with Crippen LogP contribution in [-0.4, -0.2) is 27.4 Å². The molecule has 0 bridgehead atoms. The van der Waals surface area contributed by atoms with Crippen molar-refractivity contribution in [3.63, 3.8) is 0 Å². The molecule has 6 nitrogen and oxygen atoms in total. The number of aryl methyl sites for hydroxylation is 2. The van der Waals surface area contributed by atoms with Gasteiger partial charge in [-0.25, -0.2) is 4.98 Å². The van der Waals surface area contributed by atoms with E-state index < -0.39 is 0 Å². The lowest BCUT2D eigenvalue weighted by Gasteiger charge is -2.18. The van der Waals surface area contributed by atoms with Gasteiger partial charge < -0.3 is 15.2 Å². The van der Waals surface area contributed by atoms with Crippen LogP contribution >= 0.6 is 0 Å². The van der Waals surface area contributed by atoms with E-state index in [2.05, 4.69) is 29.5 Å². The highest BCUT2D eigenvalue weighted by Crippen LogP contribution is 2.26. The predicted octanol–water partition coefficient (Wildman–Crippen LogP) is 4.12. The van der Waals surface area contributed by atoms with Crippen LogP contribution in [0.3, 0.4) is 0 Å². The van der Waals surface area contributed by atoms with E-state index in [-0.39, 0.29) is 17.9 Å². The van der Waals surface area contributed by atoms with Gasteiger partial charge in [0, 0.05) is 18.3 Å². The van der Waals surface area contributed by atoms with Crippen molar-refractivity contribution in [1.29, 1.82) is 0 Å². The molecule has 0 spiro atoms. The highest BCUT2D eigenvalue weighted by atomic mass is 16.2. The number of hydrogen-bond acceptors (Lipinski definition) is 3. The van der Waals surface area contributed by atoms with Crippen molar-refractivity contribution in [3.05, 3.63) is 46.5 Å². The first kappa shape index (κ1) is 21.1. The van der Waals surface area contributed by atoms with E-state index >= 15 is 0 Å². The van der Waals surface area contributed by atoms with Gasteiger partial charge in [-0.15, -0.1) is 0 Å². The normalized spacial score (nSPS) is 14.2. The molecule has 1 atom stereocenters. The van der Waals surface area contributed by atoms with Crippen molar-refractivity contribution in [1.82, 2.24) is 14.9 Å². The summed E-state index contributed by atoms with van der Waals surface area (Å²) in [5, 5.41) is 6.09. The molecule has 156 valence electrons. The van der Waals surface area contributed by atoms with Crippen LogP contribution in [0.1, 0.15) is 84.9 Å². The molecular weight excluding hydrogens is 364 g/mol. The number of anilines is 1. The third kappa shape index (κ3) is 4.36. The Labute approximate surface area is 173 Å². The monoisotopic (exact) mass is 396 g/mol. The second kappa shape index (κ2) is 9.25. The second-order valence-electron chi connectivity index (χ2n) is 7.73. The first-order valence-corrected chi connectivity index (χ1v) is 10.8. The van der Waals surface area contributed by atoms with Gasteiger partial charge in [-0.2, -0.15) is 0 Å². The number of rotatable bonds is 7. The van der Waals surface area contributed by atoms with Gasteiger partial charge in [-0.05, 0) is 56.6 Å². The topological polar surface area (TPSA) is 76.0 Å². The number of amides is 2. The van der Waals surface area contributed by atoms with Crippen LogP contribution in [0.15, 0.2) is 18.2 Å². The van der Waals surface area contributed by atoms with Crippen LogP contribution in [0.2, 0.25) is 0 Å².